The van der Waals surface area contributed by atoms with Crippen molar-refractivity contribution in [2.75, 3.05) is 14.2 Å². The first-order valence-corrected chi connectivity index (χ1v) is 11.4. The second-order valence-electron chi connectivity index (χ2n) is 7.97. The van der Waals surface area contributed by atoms with Gasteiger partial charge in [-0.05, 0) is 55.0 Å². The molecule has 0 amide bonds. The molecule has 4 aromatic rings. The SMILES string of the molecule is COc1cccc(-n2c(O)c(C(=O)/C=C/c3ccc(C)cc3)c(=O)n(-c3cccc(OC)c3)c2=S)c1. The number of ketones is 1. The molecule has 1 heterocycles. The molecule has 36 heavy (non-hydrogen) atoms. The van der Waals surface area contributed by atoms with Gasteiger partial charge in [0.05, 0.1) is 25.6 Å². The average molecular weight is 501 g/mol. The van der Waals surface area contributed by atoms with Crippen LogP contribution in [0, 0.1) is 11.7 Å². The normalized spacial score (nSPS) is 11.0. The number of rotatable bonds is 7. The van der Waals surface area contributed by atoms with E-state index in [2.05, 4.69) is 0 Å². The van der Waals surface area contributed by atoms with Crippen LogP contribution in [0.4, 0.5) is 0 Å². The van der Waals surface area contributed by atoms with E-state index >= 15 is 0 Å². The Labute approximate surface area is 213 Å². The van der Waals surface area contributed by atoms with Crippen LogP contribution in [0.3, 0.4) is 0 Å². The van der Waals surface area contributed by atoms with Gasteiger partial charge in [-0.2, -0.15) is 0 Å². The van der Waals surface area contributed by atoms with Crippen molar-refractivity contribution in [1.82, 2.24) is 9.13 Å². The van der Waals surface area contributed by atoms with E-state index in [9.17, 15) is 14.7 Å². The monoisotopic (exact) mass is 500 g/mol. The van der Waals surface area contributed by atoms with Crippen LogP contribution in [0.15, 0.2) is 83.7 Å². The second-order valence-corrected chi connectivity index (χ2v) is 8.33. The lowest BCUT2D eigenvalue weighted by molar-refractivity contribution is 0.104. The number of allylic oxidation sites excluding steroid dienone is 1. The first kappa shape index (κ1) is 24.7. The van der Waals surface area contributed by atoms with Crippen molar-refractivity contribution in [3.63, 3.8) is 0 Å². The molecule has 0 unspecified atom stereocenters. The fraction of sp³-hybridized carbons (Fsp3) is 0.107. The van der Waals surface area contributed by atoms with Crippen LogP contribution in [0.2, 0.25) is 0 Å². The van der Waals surface area contributed by atoms with Gasteiger partial charge in [0.1, 0.15) is 17.1 Å². The summed E-state index contributed by atoms with van der Waals surface area (Å²) in [6.45, 7) is 1.96. The van der Waals surface area contributed by atoms with E-state index in [1.165, 1.54) is 29.4 Å². The number of nitrogens with zero attached hydrogens (tertiary/aromatic N) is 2. The van der Waals surface area contributed by atoms with Crippen LogP contribution < -0.4 is 15.0 Å². The Morgan fingerprint density at radius 3 is 2.00 bits per heavy atom. The number of hydrogen-bond donors (Lipinski definition) is 1. The maximum absolute atomic E-state index is 13.6. The summed E-state index contributed by atoms with van der Waals surface area (Å²) in [6.07, 6.45) is 2.85. The van der Waals surface area contributed by atoms with E-state index in [0.29, 0.717) is 22.9 Å². The number of hydrogen-bond acceptors (Lipinski definition) is 6. The molecule has 182 valence electrons. The van der Waals surface area contributed by atoms with E-state index < -0.39 is 22.8 Å². The Morgan fingerprint density at radius 1 is 0.889 bits per heavy atom. The van der Waals surface area contributed by atoms with Gasteiger partial charge in [0, 0.05) is 12.1 Å². The second kappa shape index (κ2) is 10.5. The van der Waals surface area contributed by atoms with Gasteiger partial charge in [-0.3, -0.25) is 18.7 Å². The summed E-state index contributed by atoms with van der Waals surface area (Å²) < 4.78 is 13.0. The number of carbonyl (C=O) groups is 1. The maximum atomic E-state index is 13.6. The molecule has 0 aliphatic rings. The van der Waals surface area contributed by atoms with Crippen LogP contribution >= 0.6 is 12.2 Å². The lowest BCUT2D eigenvalue weighted by Gasteiger charge is -2.17. The van der Waals surface area contributed by atoms with Crippen molar-refractivity contribution in [2.24, 2.45) is 0 Å². The predicted octanol–water partition coefficient (Wildman–Crippen LogP) is 5.29. The van der Waals surface area contributed by atoms with Crippen LogP contribution in [0.5, 0.6) is 17.4 Å². The molecular formula is C28H24N2O5S. The van der Waals surface area contributed by atoms with Gasteiger partial charge in [-0.25, -0.2) is 0 Å². The van der Waals surface area contributed by atoms with Crippen LogP contribution in [-0.2, 0) is 0 Å². The summed E-state index contributed by atoms with van der Waals surface area (Å²) in [5.74, 6) is -0.209. The van der Waals surface area contributed by atoms with Crippen molar-refractivity contribution in [2.45, 2.75) is 6.92 Å². The van der Waals surface area contributed by atoms with Crippen molar-refractivity contribution >= 4 is 24.1 Å². The Balaban J connectivity index is 1.97. The number of benzene rings is 3. The minimum Gasteiger partial charge on any atom is -0.497 e. The number of aromatic nitrogens is 2. The lowest BCUT2D eigenvalue weighted by Crippen LogP contribution is -2.29. The average Bonchev–Trinajstić information content (AvgIpc) is 2.88. The van der Waals surface area contributed by atoms with E-state index in [1.807, 2.05) is 31.2 Å². The minimum absolute atomic E-state index is 0.0296. The van der Waals surface area contributed by atoms with Gasteiger partial charge in [0.15, 0.2) is 10.6 Å². The molecule has 0 saturated heterocycles. The predicted molar refractivity (Wildman–Crippen MR) is 142 cm³/mol. The van der Waals surface area contributed by atoms with Gasteiger partial charge < -0.3 is 14.6 Å². The highest BCUT2D eigenvalue weighted by molar-refractivity contribution is 7.71. The zero-order chi connectivity index (χ0) is 25.8. The molecule has 1 aromatic heterocycles. The Kier molecular flexibility index (Phi) is 7.17. The zero-order valence-electron chi connectivity index (χ0n) is 20.0. The molecule has 4 rings (SSSR count). The summed E-state index contributed by atoms with van der Waals surface area (Å²) in [6, 6.07) is 21.1. The third-order valence-electron chi connectivity index (χ3n) is 5.61. The molecule has 1 N–H and O–H groups in total. The minimum atomic E-state index is -0.747. The Hall–Kier alpha value is -4.43. The quantitative estimate of drug-likeness (QED) is 0.211. The summed E-state index contributed by atoms with van der Waals surface area (Å²) >= 11 is 5.64. The maximum Gasteiger partial charge on any atom is 0.274 e. The highest BCUT2D eigenvalue weighted by Crippen LogP contribution is 2.26. The molecule has 8 heteroatoms. The van der Waals surface area contributed by atoms with Crippen LogP contribution in [-0.4, -0.2) is 34.2 Å². The highest BCUT2D eigenvalue weighted by Gasteiger charge is 2.23. The van der Waals surface area contributed by atoms with Gasteiger partial charge in [-0.15, -0.1) is 0 Å². The van der Waals surface area contributed by atoms with Crippen LogP contribution in [0.1, 0.15) is 21.5 Å². The molecule has 0 bridgehead atoms. The Bertz CT molecular complexity index is 1580. The standard InChI is InChI=1S/C28H24N2O5S/c1-18-10-12-19(13-11-18)14-15-24(31)25-26(32)29(20-6-4-8-22(16-20)34-2)28(36)30(27(25)33)21-7-5-9-23(17-21)35-3/h4-17,32H,1-3H3/b15-14+. The third kappa shape index (κ3) is 4.85. The van der Waals surface area contributed by atoms with E-state index in [4.69, 9.17) is 21.7 Å². The first-order valence-electron chi connectivity index (χ1n) is 11.0. The summed E-state index contributed by atoms with van der Waals surface area (Å²) in [5.41, 5.74) is 1.50. The molecule has 0 atom stereocenters. The molecule has 0 spiro atoms. The number of ether oxygens (including phenoxy) is 2. The Morgan fingerprint density at radius 2 is 1.44 bits per heavy atom. The molecule has 0 fully saturated rings. The van der Waals surface area contributed by atoms with Gasteiger partial charge in [-0.1, -0.05) is 48.0 Å². The number of aromatic hydroxyl groups is 1. The summed E-state index contributed by atoms with van der Waals surface area (Å²) in [5, 5.41) is 11.2. The number of carbonyl (C=O) groups excluding carboxylic acids is 1. The largest absolute Gasteiger partial charge is 0.497 e. The number of methoxy groups -OCH3 is 2. The zero-order valence-corrected chi connectivity index (χ0v) is 20.8. The summed E-state index contributed by atoms with van der Waals surface area (Å²) in [4.78, 5) is 26.9. The fourth-order valence-corrected chi connectivity index (χ4v) is 4.08. The fourth-order valence-electron chi connectivity index (χ4n) is 3.70. The van der Waals surface area contributed by atoms with Gasteiger partial charge >= 0.3 is 0 Å². The van der Waals surface area contributed by atoms with Gasteiger partial charge in [0.2, 0.25) is 5.88 Å². The summed E-state index contributed by atoms with van der Waals surface area (Å²) in [7, 11) is 3.02. The third-order valence-corrected chi connectivity index (χ3v) is 5.97. The van der Waals surface area contributed by atoms with E-state index in [1.54, 1.807) is 54.6 Å². The van der Waals surface area contributed by atoms with Crippen molar-refractivity contribution in [3.05, 3.63) is 111 Å². The molecule has 0 saturated carbocycles. The molecule has 3 aromatic carbocycles. The highest BCUT2D eigenvalue weighted by atomic mass is 32.1. The molecule has 0 aliphatic heterocycles. The molecule has 0 radical (unpaired) electrons. The molecule has 7 nitrogen and oxygen atoms in total. The smallest absolute Gasteiger partial charge is 0.274 e. The van der Waals surface area contributed by atoms with E-state index in [-0.39, 0.29) is 4.77 Å². The van der Waals surface area contributed by atoms with Gasteiger partial charge in [0.25, 0.3) is 5.56 Å². The van der Waals surface area contributed by atoms with Crippen molar-refractivity contribution in [1.29, 1.82) is 0 Å². The van der Waals surface area contributed by atoms with Crippen LogP contribution in [0.25, 0.3) is 17.5 Å². The first-order chi connectivity index (χ1) is 17.3. The van der Waals surface area contributed by atoms with E-state index in [0.717, 1.165) is 11.1 Å². The van der Waals surface area contributed by atoms with Crippen molar-refractivity contribution < 1.29 is 19.4 Å². The van der Waals surface area contributed by atoms with Crippen molar-refractivity contribution in [3.8, 4) is 28.8 Å². The molecule has 0 aliphatic carbocycles. The topological polar surface area (TPSA) is 82.7 Å². The lowest BCUT2D eigenvalue weighted by atomic mass is 10.1. The molecular weight excluding hydrogens is 476 g/mol. The number of aryl methyl sites for hydroxylation is 1.